The average molecular weight is 342 g/mol. The number of carbonyl (C=O) groups excluding carboxylic acids is 1. The van der Waals surface area contributed by atoms with Gasteiger partial charge >= 0.3 is 0 Å². The number of hydrogen-bond acceptors (Lipinski definition) is 6. The third-order valence-corrected chi connectivity index (χ3v) is 4.97. The second kappa shape index (κ2) is 6.25. The zero-order chi connectivity index (χ0) is 17.4. The SMILES string of the molecule is O=C(c1ccc(-n2cncn2)c([N+](=O)[O-])c1)N1C2CCNCC1CC2. The molecule has 2 saturated heterocycles. The molecule has 2 aliphatic rings. The lowest BCUT2D eigenvalue weighted by molar-refractivity contribution is -0.384. The molecular formula is C16H18N6O3. The average Bonchev–Trinajstić information content (AvgIpc) is 3.21. The van der Waals surface area contributed by atoms with Gasteiger partial charge in [-0.3, -0.25) is 14.9 Å². The molecule has 1 N–H and O–H groups in total. The fraction of sp³-hybridized carbons (Fsp3) is 0.438. The minimum atomic E-state index is -0.494. The zero-order valence-corrected chi connectivity index (χ0v) is 13.5. The van der Waals surface area contributed by atoms with Crippen molar-refractivity contribution >= 4 is 11.6 Å². The van der Waals surface area contributed by atoms with Crippen LogP contribution in [0.3, 0.4) is 0 Å². The smallest absolute Gasteiger partial charge is 0.295 e. The Kier molecular flexibility index (Phi) is 3.92. The molecule has 2 aliphatic heterocycles. The monoisotopic (exact) mass is 342 g/mol. The van der Waals surface area contributed by atoms with Crippen LogP contribution in [0.25, 0.3) is 5.69 Å². The lowest BCUT2D eigenvalue weighted by Crippen LogP contribution is -2.42. The quantitative estimate of drug-likeness (QED) is 0.662. The van der Waals surface area contributed by atoms with E-state index in [4.69, 9.17) is 0 Å². The molecule has 9 heteroatoms. The van der Waals surface area contributed by atoms with E-state index < -0.39 is 4.92 Å². The summed E-state index contributed by atoms with van der Waals surface area (Å²) < 4.78 is 1.33. The Balaban J connectivity index is 1.70. The van der Waals surface area contributed by atoms with Gasteiger partial charge in [0.05, 0.1) is 4.92 Å². The lowest BCUT2D eigenvalue weighted by atomic mass is 10.1. The number of carbonyl (C=O) groups is 1. The number of amides is 1. The van der Waals surface area contributed by atoms with E-state index in [1.165, 1.54) is 23.4 Å². The number of hydrogen-bond donors (Lipinski definition) is 1. The van der Waals surface area contributed by atoms with E-state index >= 15 is 0 Å². The van der Waals surface area contributed by atoms with Crippen molar-refractivity contribution in [1.82, 2.24) is 25.0 Å². The molecule has 0 aliphatic carbocycles. The first-order valence-electron chi connectivity index (χ1n) is 8.32. The van der Waals surface area contributed by atoms with Crippen molar-refractivity contribution in [2.75, 3.05) is 13.1 Å². The highest BCUT2D eigenvalue weighted by Crippen LogP contribution is 2.31. The Hall–Kier alpha value is -2.81. The fourth-order valence-electron chi connectivity index (χ4n) is 3.79. The van der Waals surface area contributed by atoms with Crippen LogP contribution >= 0.6 is 0 Å². The van der Waals surface area contributed by atoms with E-state index in [-0.39, 0.29) is 23.7 Å². The largest absolute Gasteiger partial charge is 0.331 e. The number of benzene rings is 1. The molecule has 2 atom stereocenters. The highest BCUT2D eigenvalue weighted by atomic mass is 16.6. The van der Waals surface area contributed by atoms with E-state index in [0.717, 1.165) is 32.4 Å². The molecule has 2 bridgehead atoms. The van der Waals surface area contributed by atoms with E-state index in [2.05, 4.69) is 15.4 Å². The van der Waals surface area contributed by atoms with Gasteiger partial charge in [-0.1, -0.05) is 0 Å². The van der Waals surface area contributed by atoms with Gasteiger partial charge in [0, 0.05) is 30.3 Å². The third kappa shape index (κ3) is 2.76. The molecule has 0 saturated carbocycles. The van der Waals surface area contributed by atoms with Crippen LogP contribution < -0.4 is 5.32 Å². The molecule has 25 heavy (non-hydrogen) atoms. The summed E-state index contributed by atoms with van der Waals surface area (Å²) in [5.41, 5.74) is 0.477. The summed E-state index contributed by atoms with van der Waals surface area (Å²) in [4.78, 5) is 29.7. The number of nitrogens with one attached hydrogen (secondary N) is 1. The molecule has 0 radical (unpaired) electrons. The molecule has 2 unspecified atom stereocenters. The summed E-state index contributed by atoms with van der Waals surface area (Å²) in [6.07, 6.45) is 5.59. The first-order chi connectivity index (χ1) is 12.1. The van der Waals surface area contributed by atoms with Gasteiger partial charge in [0.25, 0.3) is 11.6 Å². The van der Waals surface area contributed by atoms with Gasteiger partial charge < -0.3 is 10.2 Å². The van der Waals surface area contributed by atoms with Gasteiger partial charge in [0.2, 0.25) is 0 Å². The molecule has 3 heterocycles. The highest BCUT2D eigenvalue weighted by molar-refractivity contribution is 5.96. The summed E-state index contributed by atoms with van der Waals surface area (Å²) in [7, 11) is 0. The van der Waals surface area contributed by atoms with Crippen molar-refractivity contribution in [2.24, 2.45) is 0 Å². The summed E-state index contributed by atoms with van der Waals surface area (Å²) in [6, 6.07) is 4.90. The van der Waals surface area contributed by atoms with Crippen LogP contribution in [0.5, 0.6) is 0 Å². The van der Waals surface area contributed by atoms with Gasteiger partial charge in [0.15, 0.2) is 0 Å². The summed E-state index contributed by atoms with van der Waals surface area (Å²) in [5.74, 6) is -0.135. The van der Waals surface area contributed by atoms with Gasteiger partial charge in [0.1, 0.15) is 18.3 Å². The Bertz CT molecular complexity index is 792. The Morgan fingerprint density at radius 1 is 1.28 bits per heavy atom. The number of nitrogens with zero attached hydrogens (tertiary/aromatic N) is 5. The minimum absolute atomic E-state index is 0.135. The second-order valence-electron chi connectivity index (χ2n) is 6.39. The molecule has 1 amide bonds. The van der Waals surface area contributed by atoms with Crippen LogP contribution in [0.2, 0.25) is 0 Å². The van der Waals surface area contributed by atoms with Gasteiger partial charge in [-0.2, -0.15) is 5.10 Å². The van der Waals surface area contributed by atoms with Gasteiger partial charge in [-0.15, -0.1) is 0 Å². The van der Waals surface area contributed by atoms with E-state index in [1.807, 2.05) is 4.90 Å². The van der Waals surface area contributed by atoms with Crippen LogP contribution in [0, 0.1) is 10.1 Å². The molecular weight excluding hydrogens is 324 g/mol. The van der Waals surface area contributed by atoms with Crippen molar-refractivity contribution in [3.05, 3.63) is 46.5 Å². The lowest BCUT2D eigenvalue weighted by Gasteiger charge is -2.28. The fourth-order valence-corrected chi connectivity index (χ4v) is 3.79. The predicted molar refractivity (Wildman–Crippen MR) is 88.5 cm³/mol. The van der Waals surface area contributed by atoms with Crippen LogP contribution in [-0.2, 0) is 0 Å². The predicted octanol–water partition coefficient (Wildman–Crippen LogP) is 1.14. The summed E-state index contributed by atoms with van der Waals surface area (Å²) in [6.45, 7) is 1.68. The van der Waals surface area contributed by atoms with Crippen molar-refractivity contribution in [3.63, 3.8) is 0 Å². The Morgan fingerprint density at radius 2 is 2.12 bits per heavy atom. The number of nitro groups is 1. The zero-order valence-electron chi connectivity index (χ0n) is 13.5. The molecule has 2 fully saturated rings. The van der Waals surface area contributed by atoms with Crippen molar-refractivity contribution in [3.8, 4) is 5.69 Å². The standard InChI is InChI=1S/C16H18N6O3/c23-16(21-12-2-3-13(21)8-17-6-5-12)11-1-4-14(15(7-11)22(24)25)20-10-18-9-19-20/h1,4,7,9-10,12-13,17H,2-3,5-6,8H2. The molecule has 130 valence electrons. The van der Waals surface area contributed by atoms with E-state index in [1.54, 1.807) is 12.1 Å². The summed E-state index contributed by atoms with van der Waals surface area (Å²) in [5, 5.41) is 18.8. The minimum Gasteiger partial charge on any atom is -0.331 e. The van der Waals surface area contributed by atoms with Gasteiger partial charge in [-0.25, -0.2) is 9.67 Å². The normalized spacial score (nSPS) is 22.6. The third-order valence-electron chi connectivity index (χ3n) is 4.97. The van der Waals surface area contributed by atoms with Crippen LogP contribution in [0.1, 0.15) is 29.6 Å². The highest BCUT2D eigenvalue weighted by Gasteiger charge is 2.38. The maximum absolute atomic E-state index is 13.0. The van der Waals surface area contributed by atoms with Crippen molar-refractivity contribution in [1.29, 1.82) is 0 Å². The molecule has 9 nitrogen and oxygen atoms in total. The Labute approximate surface area is 143 Å². The van der Waals surface area contributed by atoms with Gasteiger partial charge in [-0.05, 0) is 37.9 Å². The van der Waals surface area contributed by atoms with Crippen molar-refractivity contribution < 1.29 is 9.72 Å². The Morgan fingerprint density at radius 3 is 2.88 bits per heavy atom. The number of aromatic nitrogens is 3. The van der Waals surface area contributed by atoms with E-state index in [0.29, 0.717) is 11.3 Å². The van der Waals surface area contributed by atoms with Crippen LogP contribution in [-0.4, -0.2) is 55.7 Å². The first-order valence-corrected chi connectivity index (χ1v) is 8.32. The molecule has 1 aromatic heterocycles. The maximum atomic E-state index is 13.0. The second-order valence-corrected chi connectivity index (χ2v) is 6.39. The maximum Gasteiger partial charge on any atom is 0.295 e. The van der Waals surface area contributed by atoms with Crippen molar-refractivity contribution in [2.45, 2.75) is 31.3 Å². The van der Waals surface area contributed by atoms with E-state index in [9.17, 15) is 14.9 Å². The summed E-state index contributed by atoms with van der Waals surface area (Å²) >= 11 is 0. The molecule has 1 aromatic carbocycles. The molecule has 0 spiro atoms. The van der Waals surface area contributed by atoms with Crippen LogP contribution in [0.15, 0.2) is 30.9 Å². The van der Waals surface area contributed by atoms with Crippen LogP contribution in [0.4, 0.5) is 5.69 Å². The topological polar surface area (TPSA) is 106 Å². The molecule has 4 rings (SSSR count). The first kappa shape index (κ1) is 15.7. The molecule has 2 aromatic rings. The number of nitro benzene ring substituents is 1. The number of fused-ring (bicyclic) bond motifs is 2. The number of rotatable bonds is 3.